The molecular formula is C17H24N2O2. The maximum Gasteiger partial charge on any atom is 0.246 e. The Kier molecular flexibility index (Phi) is 5.15. The van der Waals surface area contributed by atoms with Gasteiger partial charge in [0.25, 0.3) is 0 Å². The topological polar surface area (TPSA) is 43.8 Å². The van der Waals surface area contributed by atoms with Crippen LogP contribution in [0.15, 0.2) is 30.3 Å². The first-order valence-electron chi connectivity index (χ1n) is 7.34. The molecule has 0 saturated carbocycles. The second-order valence-electron chi connectivity index (χ2n) is 6.04. The number of likely N-dealkylation sites (tertiary alicyclic amines) is 1. The van der Waals surface area contributed by atoms with Crippen LogP contribution in [0.25, 0.3) is 6.08 Å². The lowest BCUT2D eigenvalue weighted by molar-refractivity contribution is -0.127. The molecule has 4 nitrogen and oxygen atoms in total. The number of hydrogen-bond donors (Lipinski definition) is 1. The molecule has 0 aromatic heterocycles. The van der Waals surface area contributed by atoms with Crippen LogP contribution in [0.2, 0.25) is 0 Å². The molecule has 114 valence electrons. The summed E-state index contributed by atoms with van der Waals surface area (Å²) in [5, 5.41) is 9.82. The third kappa shape index (κ3) is 4.41. The summed E-state index contributed by atoms with van der Waals surface area (Å²) in [6.07, 6.45) is 3.69. The van der Waals surface area contributed by atoms with Gasteiger partial charge < -0.3 is 14.9 Å². The Labute approximate surface area is 126 Å². The van der Waals surface area contributed by atoms with Crippen molar-refractivity contribution in [3.8, 4) is 0 Å². The molecule has 1 aromatic carbocycles. The zero-order chi connectivity index (χ0) is 15.4. The van der Waals surface area contributed by atoms with Gasteiger partial charge in [-0.05, 0) is 39.1 Å². The Morgan fingerprint density at radius 2 is 2.24 bits per heavy atom. The Morgan fingerprint density at radius 1 is 1.48 bits per heavy atom. The molecule has 0 aliphatic carbocycles. The summed E-state index contributed by atoms with van der Waals surface area (Å²) in [5.41, 5.74) is 2.19. The number of likely N-dealkylation sites (N-methyl/N-ethyl adjacent to an activating group) is 1. The maximum absolute atomic E-state index is 12.4. The highest BCUT2D eigenvalue weighted by Gasteiger charge is 2.33. The van der Waals surface area contributed by atoms with Gasteiger partial charge in [-0.15, -0.1) is 0 Å². The highest BCUT2D eigenvalue weighted by atomic mass is 16.3. The molecule has 2 atom stereocenters. The van der Waals surface area contributed by atoms with Crippen molar-refractivity contribution in [2.75, 3.05) is 27.2 Å². The summed E-state index contributed by atoms with van der Waals surface area (Å²) in [6, 6.07) is 8.12. The molecule has 0 bridgehead atoms. The molecule has 0 radical (unpaired) electrons. The Morgan fingerprint density at radius 3 is 2.90 bits per heavy atom. The fraction of sp³-hybridized carbons (Fsp3) is 0.471. The van der Waals surface area contributed by atoms with E-state index < -0.39 is 6.10 Å². The first kappa shape index (κ1) is 15.7. The number of hydrogen-bond acceptors (Lipinski definition) is 3. The zero-order valence-electron chi connectivity index (χ0n) is 13.0. The lowest BCUT2D eigenvalue weighted by atomic mass is 10.1. The highest BCUT2D eigenvalue weighted by molar-refractivity contribution is 5.92. The number of aryl methyl sites for hydroxylation is 1. The first-order valence-corrected chi connectivity index (χ1v) is 7.34. The number of nitrogens with zero attached hydrogens (tertiary/aromatic N) is 2. The number of carbonyl (C=O) groups is 1. The summed E-state index contributed by atoms with van der Waals surface area (Å²) in [7, 11) is 3.96. The van der Waals surface area contributed by atoms with Crippen LogP contribution < -0.4 is 0 Å². The van der Waals surface area contributed by atoms with Gasteiger partial charge >= 0.3 is 0 Å². The maximum atomic E-state index is 12.4. The van der Waals surface area contributed by atoms with Crippen LogP contribution in [0.3, 0.4) is 0 Å². The van der Waals surface area contributed by atoms with Crippen LogP contribution in [-0.2, 0) is 4.79 Å². The molecule has 1 fully saturated rings. The predicted molar refractivity (Wildman–Crippen MR) is 84.9 cm³/mol. The van der Waals surface area contributed by atoms with E-state index in [1.807, 2.05) is 56.3 Å². The average molecular weight is 288 g/mol. The second kappa shape index (κ2) is 6.87. The molecule has 4 heteroatoms. The zero-order valence-corrected chi connectivity index (χ0v) is 13.0. The lowest BCUT2D eigenvalue weighted by Gasteiger charge is -2.25. The van der Waals surface area contributed by atoms with Crippen molar-refractivity contribution >= 4 is 12.0 Å². The Balaban J connectivity index is 2.04. The van der Waals surface area contributed by atoms with E-state index in [1.54, 1.807) is 11.0 Å². The van der Waals surface area contributed by atoms with Gasteiger partial charge in [-0.25, -0.2) is 0 Å². The standard InChI is InChI=1S/C17H24N2O2/c1-13-5-4-6-14(9-13)7-8-17(21)19-12-16(20)10-15(19)11-18(2)3/h4-9,15-16,20H,10-12H2,1-3H3. The van der Waals surface area contributed by atoms with E-state index in [9.17, 15) is 9.90 Å². The van der Waals surface area contributed by atoms with Crippen LogP contribution in [0.5, 0.6) is 0 Å². The largest absolute Gasteiger partial charge is 0.391 e. The van der Waals surface area contributed by atoms with Crippen molar-refractivity contribution in [1.29, 1.82) is 0 Å². The molecule has 1 N–H and O–H groups in total. The molecule has 1 heterocycles. The van der Waals surface area contributed by atoms with E-state index in [1.165, 1.54) is 5.56 Å². The van der Waals surface area contributed by atoms with Gasteiger partial charge in [0.2, 0.25) is 5.91 Å². The van der Waals surface area contributed by atoms with E-state index >= 15 is 0 Å². The molecule has 1 amide bonds. The number of β-amino-alcohol motifs (C(OH)–C–C–N with tert-alkyl or cyclic N) is 1. The third-order valence-corrected chi connectivity index (χ3v) is 3.71. The summed E-state index contributed by atoms with van der Waals surface area (Å²) in [4.78, 5) is 16.2. The van der Waals surface area contributed by atoms with Gasteiger partial charge in [0, 0.05) is 25.2 Å². The summed E-state index contributed by atoms with van der Waals surface area (Å²) < 4.78 is 0. The molecule has 1 saturated heterocycles. The Bertz CT molecular complexity index is 525. The minimum Gasteiger partial charge on any atom is -0.391 e. The fourth-order valence-corrected chi connectivity index (χ4v) is 2.79. The predicted octanol–water partition coefficient (Wildman–Crippen LogP) is 1.53. The quantitative estimate of drug-likeness (QED) is 0.855. The molecule has 0 spiro atoms. The van der Waals surface area contributed by atoms with Crippen molar-refractivity contribution in [3.63, 3.8) is 0 Å². The van der Waals surface area contributed by atoms with Crippen molar-refractivity contribution in [1.82, 2.24) is 9.80 Å². The van der Waals surface area contributed by atoms with E-state index in [0.29, 0.717) is 13.0 Å². The molecule has 2 unspecified atom stereocenters. The smallest absolute Gasteiger partial charge is 0.246 e. The molecule has 21 heavy (non-hydrogen) atoms. The van der Waals surface area contributed by atoms with Crippen LogP contribution in [0, 0.1) is 6.92 Å². The normalized spacial score (nSPS) is 22.4. The number of carbonyl (C=O) groups excluding carboxylic acids is 1. The molecule has 1 aromatic rings. The van der Waals surface area contributed by atoms with Gasteiger partial charge in [0.05, 0.1) is 6.10 Å². The van der Waals surface area contributed by atoms with Gasteiger partial charge in [-0.2, -0.15) is 0 Å². The number of aliphatic hydroxyl groups is 1. The van der Waals surface area contributed by atoms with E-state index in [2.05, 4.69) is 0 Å². The lowest BCUT2D eigenvalue weighted by Crippen LogP contribution is -2.40. The summed E-state index contributed by atoms with van der Waals surface area (Å²) >= 11 is 0. The van der Waals surface area contributed by atoms with Gasteiger partial charge in [-0.1, -0.05) is 29.8 Å². The first-order chi connectivity index (χ1) is 9.95. The third-order valence-electron chi connectivity index (χ3n) is 3.71. The van der Waals surface area contributed by atoms with Crippen LogP contribution in [0.1, 0.15) is 17.5 Å². The highest BCUT2D eigenvalue weighted by Crippen LogP contribution is 2.19. The monoisotopic (exact) mass is 288 g/mol. The van der Waals surface area contributed by atoms with Crippen molar-refractivity contribution < 1.29 is 9.90 Å². The number of rotatable bonds is 4. The van der Waals surface area contributed by atoms with Crippen LogP contribution >= 0.6 is 0 Å². The van der Waals surface area contributed by atoms with Crippen LogP contribution in [-0.4, -0.2) is 60.1 Å². The fourth-order valence-electron chi connectivity index (χ4n) is 2.79. The van der Waals surface area contributed by atoms with Gasteiger partial charge in [0.1, 0.15) is 0 Å². The number of aliphatic hydroxyl groups excluding tert-OH is 1. The summed E-state index contributed by atoms with van der Waals surface area (Å²) in [6.45, 7) is 3.24. The average Bonchev–Trinajstić information content (AvgIpc) is 2.76. The molecule has 1 aliphatic rings. The van der Waals surface area contributed by atoms with Crippen LogP contribution in [0.4, 0.5) is 0 Å². The van der Waals surface area contributed by atoms with E-state index in [0.717, 1.165) is 12.1 Å². The summed E-state index contributed by atoms with van der Waals surface area (Å²) in [5.74, 6) is -0.0279. The Hall–Kier alpha value is -1.65. The number of amides is 1. The minimum atomic E-state index is -0.411. The van der Waals surface area contributed by atoms with Crippen molar-refractivity contribution in [3.05, 3.63) is 41.5 Å². The van der Waals surface area contributed by atoms with E-state index in [-0.39, 0.29) is 11.9 Å². The SMILES string of the molecule is Cc1cccc(C=CC(=O)N2CC(O)CC2CN(C)C)c1. The van der Waals surface area contributed by atoms with Gasteiger partial charge in [-0.3, -0.25) is 4.79 Å². The number of benzene rings is 1. The molecular weight excluding hydrogens is 264 g/mol. The molecule has 2 rings (SSSR count). The van der Waals surface area contributed by atoms with Crippen molar-refractivity contribution in [2.45, 2.75) is 25.5 Å². The van der Waals surface area contributed by atoms with Gasteiger partial charge in [0.15, 0.2) is 0 Å². The minimum absolute atomic E-state index is 0.0279. The molecule has 1 aliphatic heterocycles. The van der Waals surface area contributed by atoms with E-state index in [4.69, 9.17) is 0 Å². The second-order valence-corrected chi connectivity index (χ2v) is 6.04. The van der Waals surface area contributed by atoms with Crippen molar-refractivity contribution in [2.24, 2.45) is 0 Å².